The Hall–Kier alpha value is -1.54. The molecular formula is C18H23NO. The van der Waals surface area contributed by atoms with E-state index in [4.69, 9.17) is 4.42 Å². The first-order valence-electron chi connectivity index (χ1n) is 7.70. The summed E-state index contributed by atoms with van der Waals surface area (Å²) < 4.78 is 5.65. The summed E-state index contributed by atoms with van der Waals surface area (Å²) in [6.07, 6.45) is 11.1. The smallest absolute Gasteiger partial charge is 0.134 e. The number of hydrogen-bond acceptors (Lipinski definition) is 2. The zero-order valence-electron chi connectivity index (χ0n) is 12.2. The molecule has 1 aliphatic rings. The van der Waals surface area contributed by atoms with Crippen molar-refractivity contribution in [2.75, 3.05) is 13.6 Å². The molecule has 1 heterocycles. The van der Waals surface area contributed by atoms with Gasteiger partial charge in [-0.1, -0.05) is 49.1 Å². The van der Waals surface area contributed by atoms with Gasteiger partial charge in [-0.15, -0.1) is 0 Å². The second-order valence-electron chi connectivity index (χ2n) is 5.77. The van der Waals surface area contributed by atoms with Gasteiger partial charge in [0.25, 0.3) is 0 Å². The fourth-order valence-electron chi connectivity index (χ4n) is 3.30. The van der Waals surface area contributed by atoms with Gasteiger partial charge in [0.15, 0.2) is 0 Å². The van der Waals surface area contributed by atoms with Gasteiger partial charge in [0.1, 0.15) is 5.58 Å². The minimum atomic E-state index is 0.741. The molecule has 0 unspecified atom stereocenters. The maximum absolute atomic E-state index is 5.65. The Bertz CT molecular complexity index is 590. The molecule has 0 radical (unpaired) electrons. The number of benzene rings is 1. The predicted molar refractivity (Wildman–Crippen MR) is 84.7 cm³/mol. The van der Waals surface area contributed by atoms with Gasteiger partial charge in [-0.3, -0.25) is 0 Å². The summed E-state index contributed by atoms with van der Waals surface area (Å²) in [5.41, 5.74) is 3.72. The van der Waals surface area contributed by atoms with Gasteiger partial charge in [-0.2, -0.15) is 0 Å². The number of furan rings is 1. The van der Waals surface area contributed by atoms with E-state index in [1.165, 1.54) is 48.6 Å². The van der Waals surface area contributed by atoms with Crippen LogP contribution >= 0.6 is 0 Å². The van der Waals surface area contributed by atoms with Gasteiger partial charge in [-0.05, 0) is 31.9 Å². The van der Waals surface area contributed by atoms with Crippen molar-refractivity contribution in [3.63, 3.8) is 0 Å². The first kappa shape index (κ1) is 13.4. The Kier molecular flexibility index (Phi) is 4.22. The quantitative estimate of drug-likeness (QED) is 0.876. The molecule has 2 aromatic rings. The molecule has 0 aliphatic heterocycles. The maximum atomic E-state index is 5.65. The van der Waals surface area contributed by atoms with Crippen LogP contribution in [-0.4, -0.2) is 13.6 Å². The van der Waals surface area contributed by atoms with Crippen LogP contribution in [0.3, 0.4) is 0 Å². The summed E-state index contributed by atoms with van der Waals surface area (Å²) in [4.78, 5) is 0. The second kappa shape index (κ2) is 6.27. The summed E-state index contributed by atoms with van der Waals surface area (Å²) in [5, 5.41) is 4.55. The molecule has 0 atom stereocenters. The number of hydrogen-bond donors (Lipinski definition) is 1. The highest BCUT2D eigenvalue weighted by Crippen LogP contribution is 2.32. The Morgan fingerprint density at radius 3 is 2.85 bits per heavy atom. The summed E-state index contributed by atoms with van der Waals surface area (Å²) in [6.45, 7) is 0.976. The molecule has 1 aromatic heterocycles. The number of para-hydroxylation sites is 1. The van der Waals surface area contributed by atoms with E-state index in [1.807, 2.05) is 25.4 Å². The van der Waals surface area contributed by atoms with Gasteiger partial charge >= 0.3 is 0 Å². The SMILES string of the molecule is CNC/C(=C/c1coc2ccccc12)C1CCCCC1. The van der Waals surface area contributed by atoms with Crippen molar-refractivity contribution >= 4 is 17.0 Å². The summed E-state index contributed by atoms with van der Waals surface area (Å²) in [6, 6.07) is 8.27. The standard InChI is InChI=1S/C18H23NO/c1-19-12-15(14-7-3-2-4-8-14)11-16-13-20-18-10-6-5-9-17(16)18/h5-6,9-11,13-14,19H,2-4,7-8,12H2,1H3/b15-11-. The third kappa shape index (κ3) is 2.80. The van der Waals surface area contributed by atoms with Crippen LogP contribution in [0.1, 0.15) is 37.7 Å². The van der Waals surface area contributed by atoms with E-state index >= 15 is 0 Å². The molecule has 2 nitrogen and oxygen atoms in total. The molecule has 0 amide bonds. The lowest BCUT2D eigenvalue weighted by Crippen LogP contribution is -2.19. The largest absolute Gasteiger partial charge is 0.464 e. The Balaban J connectivity index is 1.93. The van der Waals surface area contributed by atoms with Crippen LogP contribution in [0.15, 0.2) is 40.5 Å². The molecular weight excluding hydrogens is 246 g/mol. The second-order valence-corrected chi connectivity index (χ2v) is 5.77. The molecule has 3 rings (SSSR count). The minimum absolute atomic E-state index is 0.741. The Morgan fingerprint density at radius 1 is 1.25 bits per heavy atom. The van der Waals surface area contributed by atoms with Crippen molar-refractivity contribution < 1.29 is 4.42 Å². The van der Waals surface area contributed by atoms with Crippen molar-refractivity contribution in [1.29, 1.82) is 0 Å². The number of rotatable bonds is 4. The summed E-state index contributed by atoms with van der Waals surface area (Å²) in [5.74, 6) is 0.741. The number of fused-ring (bicyclic) bond motifs is 1. The highest BCUT2D eigenvalue weighted by molar-refractivity contribution is 5.87. The lowest BCUT2D eigenvalue weighted by atomic mass is 9.83. The molecule has 1 fully saturated rings. The number of nitrogens with one attached hydrogen (secondary N) is 1. The van der Waals surface area contributed by atoms with E-state index in [2.05, 4.69) is 23.5 Å². The molecule has 1 N–H and O–H groups in total. The topological polar surface area (TPSA) is 25.2 Å². The molecule has 1 aromatic carbocycles. The molecule has 2 heteroatoms. The zero-order valence-corrected chi connectivity index (χ0v) is 12.2. The van der Waals surface area contributed by atoms with Crippen molar-refractivity contribution in [1.82, 2.24) is 5.32 Å². The third-order valence-electron chi connectivity index (χ3n) is 4.36. The van der Waals surface area contributed by atoms with Crippen LogP contribution in [0.25, 0.3) is 17.0 Å². The molecule has 0 saturated heterocycles. The average molecular weight is 269 g/mol. The first-order chi connectivity index (χ1) is 9.88. The lowest BCUT2D eigenvalue weighted by molar-refractivity contribution is 0.398. The average Bonchev–Trinajstić information content (AvgIpc) is 2.91. The Labute approximate surface area is 120 Å². The highest BCUT2D eigenvalue weighted by atomic mass is 16.3. The van der Waals surface area contributed by atoms with Crippen molar-refractivity contribution in [2.24, 2.45) is 5.92 Å². The van der Waals surface area contributed by atoms with E-state index in [-0.39, 0.29) is 0 Å². The monoisotopic (exact) mass is 269 g/mol. The fraction of sp³-hybridized carbons (Fsp3) is 0.444. The highest BCUT2D eigenvalue weighted by Gasteiger charge is 2.18. The first-order valence-corrected chi connectivity index (χ1v) is 7.70. The van der Waals surface area contributed by atoms with E-state index in [1.54, 1.807) is 0 Å². The van der Waals surface area contributed by atoms with E-state index < -0.39 is 0 Å². The minimum Gasteiger partial charge on any atom is -0.464 e. The summed E-state index contributed by atoms with van der Waals surface area (Å²) >= 11 is 0. The van der Waals surface area contributed by atoms with Crippen LogP contribution in [0, 0.1) is 5.92 Å². The Morgan fingerprint density at radius 2 is 2.05 bits per heavy atom. The van der Waals surface area contributed by atoms with Gasteiger partial charge < -0.3 is 9.73 Å². The lowest BCUT2D eigenvalue weighted by Gasteiger charge is -2.24. The normalized spacial score (nSPS) is 17.8. The molecule has 0 spiro atoms. The van der Waals surface area contributed by atoms with Crippen LogP contribution in [0.2, 0.25) is 0 Å². The number of likely N-dealkylation sites (N-methyl/N-ethyl adjacent to an activating group) is 1. The van der Waals surface area contributed by atoms with Crippen LogP contribution in [0.5, 0.6) is 0 Å². The predicted octanol–water partition coefficient (Wildman–Crippen LogP) is 4.62. The van der Waals surface area contributed by atoms with Gasteiger partial charge in [0.2, 0.25) is 0 Å². The molecule has 0 bridgehead atoms. The van der Waals surface area contributed by atoms with Crippen molar-refractivity contribution in [2.45, 2.75) is 32.1 Å². The van der Waals surface area contributed by atoms with Gasteiger partial charge in [-0.25, -0.2) is 0 Å². The van der Waals surface area contributed by atoms with Crippen molar-refractivity contribution in [3.8, 4) is 0 Å². The molecule has 20 heavy (non-hydrogen) atoms. The summed E-state index contributed by atoms with van der Waals surface area (Å²) in [7, 11) is 2.03. The van der Waals surface area contributed by atoms with Gasteiger partial charge in [0.05, 0.1) is 6.26 Å². The van der Waals surface area contributed by atoms with Crippen LogP contribution in [0.4, 0.5) is 0 Å². The van der Waals surface area contributed by atoms with E-state index in [0.29, 0.717) is 0 Å². The van der Waals surface area contributed by atoms with Gasteiger partial charge in [0, 0.05) is 17.5 Å². The van der Waals surface area contributed by atoms with E-state index in [0.717, 1.165) is 18.0 Å². The molecule has 1 aliphatic carbocycles. The molecule has 106 valence electrons. The zero-order chi connectivity index (χ0) is 13.8. The van der Waals surface area contributed by atoms with Crippen LogP contribution in [-0.2, 0) is 0 Å². The van der Waals surface area contributed by atoms with E-state index in [9.17, 15) is 0 Å². The third-order valence-corrected chi connectivity index (χ3v) is 4.36. The molecule has 1 saturated carbocycles. The van der Waals surface area contributed by atoms with Crippen LogP contribution < -0.4 is 5.32 Å². The fourth-order valence-corrected chi connectivity index (χ4v) is 3.30. The maximum Gasteiger partial charge on any atom is 0.134 e. The van der Waals surface area contributed by atoms with Crippen molar-refractivity contribution in [3.05, 3.63) is 41.7 Å².